The van der Waals surface area contributed by atoms with Gasteiger partial charge in [-0.05, 0) is 42.7 Å². The summed E-state index contributed by atoms with van der Waals surface area (Å²) in [5, 5.41) is 5.31. The zero-order valence-electron chi connectivity index (χ0n) is 13.8. The number of morpholine rings is 1. The highest BCUT2D eigenvalue weighted by Gasteiger charge is 2.19. The van der Waals surface area contributed by atoms with Crippen LogP contribution in [-0.2, 0) is 9.53 Å². The minimum Gasteiger partial charge on any atom is -0.378 e. The van der Waals surface area contributed by atoms with Gasteiger partial charge in [0.25, 0.3) is 0 Å². The van der Waals surface area contributed by atoms with E-state index >= 15 is 0 Å². The molecule has 0 spiro atoms. The van der Waals surface area contributed by atoms with E-state index in [1.165, 1.54) is 0 Å². The molecule has 2 rings (SSSR count). The maximum absolute atomic E-state index is 12.3. The quantitative estimate of drug-likeness (QED) is 0.686. The predicted molar refractivity (Wildman–Crippen MR) is 97.6 cm³/mol. The van der Waals surface area contributed by atoms with Crippen molar-refractivity contribution in [1.82, 2.24) is 5.32 Å². The van der Waals surface area contributed by atoms with Gasteiger partial charge in [0, 0.05) is 24.5 Å². The normalized spacial score (nSPS) is 15.6. The molecule has 1 aliphatic heterocycles. The molecule has 1 unspecified atom stereocenters. The molecule has 1 heterocycles. The fourth-order valence-corrected chi connectivity index (χ4v) is 2.95. The number of nitrogens with zero attached hydrogens (tertiary/aromatic N) is 1. The lowest BCUT2D eigenvalue weighted by Gasteiger charge is -2.29. The second-order valence-electron chi connectivity index (χ2n) is 5.48. The van der Waals surface area contributed by atoms with Crippen LogP contribution >= 0.6 is 11.8 Å². The van der Waals surface area contributed by atoms with Crippen LogP contribution in [0, 0.1) is 0 Å². The Hall–Kier alpha value is -1.93. The summed E-state index contributed by atoms with van der Waals surface area (Å²) in [4.78, 5) is 25.6. The first-order chi connectivity index (χ1) is 11.6. The van der Waals surface area contributed by atoms with Crippen LogP contribution < -0.4 is 21.3 Å². The summed E-state index contributed by atoms with van der Waals surface area (Å²) in [6.07, 6.45) is 2.48. The van der Waals surface area contributed by atoms with E-state index in [9.17, 15) is 9.59 Å². The van der Waals surface area contributed by atoms with Crippen molar-refractivity contribution in [1.29, 1.82) is 0 Å². The first-order valence-corrected chi connectivity index (χ1v) is 9.28. The lowest BCUT2D eigenvalue weighted by Crippen LogP contribution is -2.46. The Balaban J connectivity index is 1.95. The molecule has 1 aromatic carbocycles. The average molecular weight is 352 g/mol. The third-order valence-electron chi connectivity index (χ3n) is 3.75. The number of nitrogens with one attached hydrogen (secondary N) is 2. The molecule has 3 amide bonds. The zero-order valence-corrected chi connectivity index (χ0v) is 14.6. The molecule has 4 N–H and O–H groups in total. The highest BCUT2D eigenvalue weighted by Crippen LogP contribution is 2.19. The van der Waals surface area contributed by atoms with E-state index in [0.29, 0.717) is 12.1 Å². The van der Waals surface area contributed by atoms with Crippen molar-refractivity contribution >= 4 is 35.1 Å². The van der Waals surface area contributed by atoms with Crippen LogP contribution in [0.2, 0.25) is 0 Å². The third kappa shape index (κ3) is 5.61. The molecule has 1 fully saturated rings. The second kappa shape index (κ2) is 9.39. The van der Waals surface area contributed by atoms with Crippen LogP contribution in [0.4, 0.5) is 16.2 Å². The van der Waals surface area contributed by atoms with Gasteiger partial charge in [-0.3, -0.25) is 4.79 Å². The van der Waals surface area contributed by atoms with Gasteiger partial charge in [-0.2, -0.15) is 11.8 Å². The molecule has 24 heavy (non-hydrogen) atoms. The van der Waals surface area contributed by atoms with Crippen LogP contribution in [0.15, 0.2) is 24.3 Å². The first-order valence-electron chi connectivity index (χ1n) is 7.88. The fourth-order valence-electron chi connectivity index (χ4n) is 2.48. The molecule has 0 saturated carbocycles. The number of amides is 3. The third-order valence-corrected chi connectivity index (χ3v) is 4.40. The Labute approximate surface area is 146 Å². The van der Waals surface area contributed by atoms with Gasteiger partial charge in [0.05, 0.1) is 13.2 Å². The van der Waals surface area contributed by atoms with Crippen molar-refractivity contribution in [2.45, 2.75) is 12.5 Å². The zero-order chi connectivity index (χ0) is 17.4. The monoisotopic (exact) mass is 352 g/mol. The van der Waals surface area contributed by atoms with Crippen LogP contribution in [0.25, 0.3) is 0 Å². The van der Waals surface area contributed by atoms with Gasteiger partial charge in [0.1, 0.15) is 6.04 Å². The Bertz CT molecular complexity index is 547. The molecule has 1 atom stereocenters. The molecule has 132 valence electrons. The van der Waals surface area contributed by atoms with Crippen LogP contribution in [0.1, 0.15) is 6.42 Å². The minimum atomic E-state index is -0.695. The summed E-state index contributed by atoms with van der Waals surface area (Å²) in [5.41, 5.74) is 6.94. The van der Waals surface area contributed by atoms with Gasteiger partial charge < -0.3 is 26.0 Å². The Morgan fingerprint density at radius 2 is 1.96 bits per heavy atom. The van der Waals surface area contributed by atoms with E-state index in [1.54, 1.807) is 11.8 Å². The van der Waals surface area contributed by atoms with Crippen molar-refractivity contribution in [2.75, 3.05) is 48.5 Å². The fraction of sp³-hybridized carbons (Fsp3) is 0.500. The molecule has 0 aliphatic carbocycles. The summed E-state index contributed by atoms with van der Waals surface area (Å²) in [7, 11) is 0. The predicted octanol–water partition coefficient (Wildman–Crippen LogP) is 1.25. The van der Waals surface area contributed by atoms with E-state index in [0.717, 1.165) is 37.7 Å². The lowest BCUT2D eigenvalue weighted by atomic mass is 10.2. The molecule has 1 saturated heterocycles. The topological polar surface area (TPSA) is 96.7 Å². The summed E-state index contributed by atoms with van der Waals surface area (Å²) >= 11 is 1.61. The van der Waals surface area contributed by atoms with Gasteiger partial charge >= 0.3 is 6.03 Å². The number of ether oxygens (including phenoxy) is 1. The number of carbonyl (C=O) groups excluding carboxylic acids is 2. The van der Waals surface area contributed by atoms with Crippen molar-refractivity contribution in [2.24, 2.45) is 5.73 Å². The van der Waals surface area contributed by atoms with Gasteiger partial charge in [0.2, 0.25) is 5.91 Å². The molecule has 1 aliphatic rings. The second-order valence-corrected chi connectivity index (χ2v) is 6.46. The van der Waals surface area contributed by atoms with E-state index in [4.69, 9.17) is 10.5 Å². The van der Waals surface area contributed by atoms with Crippen LogP contribution in [0.3, 0.4) is 0 Å². The van der Waals surface area contributed by atoms with E-state index in [-0.39, 0.29) is 5.91 Å². The largest absolute Gasteiger partial charge is 0.378 e. The van der Waals surface area contributed by atoms with Gasteiger partial charge in [-0.25, -0.2) is 4.79 Å². The number of hydrogen-bond donors (Lipinski definition) is 3. The van der Waals surface area contributed by atoms with Crippen molar-refractivity contribution < 1.29 is 14.3 Å². The number of anilines is 2. The van der Waals surface area contributed by atoms with Crippen molar-refractivity contribution in [3.05, 3.63) is 24.3 Å². The molecule has 0 bridgehead atoms. The van der Waals surface area contributed by atoms with E-state index < -0.39 is 12.1 Å². The molecular weight excluding hydrogens is 328 g/mol. The number of carbonyl (C=O) groups is 2. The molecule has 1 aromatic rings. The number of primary amides is 1. The Morgan fingerprint density at radius 3 is 2.54 bits per heavy atom. The summed E-state index contributed by atoms with van der Waals surface area (Å²) in [6.45, 7) is 3.19. The SMILES string of the molecule is CSCCC(NC(N)=O)C(=O)Nc1ccc(N2CCOCC2)cc1. The summed E-state index contributed by atoms with van der Waals surface area (Å²) in [6, 6.07) is 6.34. The van der Waals surface area contributed by atoms with E-state index in [2.05, 4.69) is 15.5 Å². The summed E-state index contributed by atoms with van der Waals surface area (Å²) in [5.74, 6) is 0.496. The first kappa shape index (κ1) is 18.4. The van der Waals surface area contributed by atoms with E-state index in [1.807, 2.05) is 30.5 Å². The molecule has 0 aromatic heterocycles. The van der Waals surface area contributed by atoms with Gasteiger partial charge in [0.15, 0.2) is 0 Å². The maximum atomic E-state index is 12.3. The number of thioether (sulfide) groups is 1. The molecule has 0 radical (unpaired) electrons. The average Bonchev–Trinajstić information content (AvgIpc) is 2.59. The molecule has 7 nitrogen and oxygen atoms in total. The smallest absolute Gasteiger partial charge is 0.312 e. The number of rotatable bonds is 7. The molecule has 8 heteroatoms. The highest BCUT2D eigenvalue weighted by atomic mass is 32.2. The Kier molecular flexibility index (Phi) is 7.20. The number of urea groups is 1. The van der Waals surface area contributed by atoms with Crippen molar-refractivity contribution in [3.8, 4) is 0 Å². The minimum absolute atomic E-state index is 0.262. The van der Waals surface area contributed by atoms with Crippen molar-refractivity contribution in [3.63, 3.8) is 0 Å². The number of nitrogens with two attached hydrogens (primary N) is 1. The maximum Gasteiger partial charge on any atom is 0.312 e. The van der Waals surface area contributed by atoms with Gasteiger partial charge in [-0.15, -0.1) is 0 Å². The number of hydrogen-bond acceptors (Lipinski definition) is 5. The molecular formula is C16H24N4O3S. The van der Waals surface area contributed by atoms with Gasteiger partial charge in [-0.1, -0.05) is 0 Å². The highest BCUT2D eigenvalue weighted by molar-refractivity contribution is 7.98. The summed E-state index contributed by atoms with van der Waals surface area (Å²) < 4.78 is 5.34. The Morgan fingerprint density at radius 1 is 1.29 bits per heavy atom. The van der Waals surface area contributed by atoms with Crippen LogP contribution in [0.5, 0.6) is 0 Å². The van der Waals surface area contributed by atoms with Crippen LogP contribution in [-0.4, -0.2) is 56.3 Å². The lowest BCUT2D eigenvalue weighted by molar-refractivity contribution is -0.117. The number of benzene rings is 1. The standard InChI is InChI=1S/C16H24N4O3S/c1-24-11-6-14(19-16(17)22)15(21)18-12-2-4-13(5-3-12)20-7-9-23-10-8-20/h2-5,14H,6-11H2,1H3,(H,18,21)(H3,17,19,22).